The quantitative estimate of drug-likeness (QED) is 0.648. The Morgan fingerprint density at radius 3 is 2.74 bits per heavy atom. The number of hydrogen-bond acceptors (Lipinski definition) is 3. The fourth-order valence-corrected chi connectivity index (χ4v) is 1.56. The minimum Gasteiger partial charge on any atom is -0.397 e. The first-order chi connectivity index (χ1) is 8.79. The highest BCUT2D eigenvalue weighted by Crippen LogP contribution is 2.22. The van der Waals surface area contributed by atoms with Gasteiger partial charge in [-0.3, -0.25) is 4.79 Å². The molecule has 19 heavy (non-hydrogen) atoms. The molecule has 0 aliphatic heterocycles. The van der Waals surface area contributed by atoms with Gasteiger partial charge in [-0.15, -0.1) is 0 Å². The van der Waals surface area contributed by atoms with Gasteiger partial charge < -0.3 is 11.1 Å². The van der Waals surface area contributed by atoms with Gasteiger partial charge in [0.2, 0.25) is 0 Å². The summed E-state index contributed by atoms with van der Waals surface area (Å²) in [6.45, 7) is 0.139. The maximum absolute atomic E-state index is 11.9. The maximum Gasteiger partial charge on any atom is 0.389 e. The highest BCUT2D eigenvalue weighted by atomic mass is 35.5. The summed E-state index contributed by atoms with van der Waals surface area (Å²) >= 11 is 5.71. The summed E-state index contributed by atoms with van der Waals surface area (Å²) in [5, 5.41) is 2.47. The molecule has 0 aliphatic carbocycles. The number of alkyl halides is 3. The Balaban J connectivity index is 2.38. The molecule has 1 rings (SSSR count). The Bertz CT molecular complexity index is 451. The van der Waals surface area contributed by atoms with E-state index in [4.69, 9.17) is 17.3 Å². The zero-order valence-electron chi connectivity index (χ0n) is 9.93. The molecule has 1 aromatic rings. The highest BCUT2D eigenvalue weighted by molar-refractivity contribution is 6.32. The summed E-state index contributed by atoms with van der Waals surface area (Å²) in [6.07, 6.45) is -3.51. The fourth-order valence-electron chi connectivity index (χ4n) is 1.37. The van der Waals surface area contributed by atoms with Gasteiger partial charge in [-0.05, 0) is 18.9 Å². The third-order valence-electron chi connectivity index (χ3n) is 2.28. The van der Waals surface area contributed by atoms with Crippen molar-refractivity contribution in [3.8, 4) is 0 Å². The molecule has 0 saturated carbocycles. The van der Waals surface area contributed by atoms with E-state index in [0.29, 0.717) is 0 Å². The van der Waals surface area contributed by atoms with Crippen LogP contribution in [0.5, 0.6) is 0 Å². The number of carbonyl (C=O) groups excluding carboxylic acids is 1. The zero-order valence-corrected chi connectivity index (χ0v) is 10.7. The number of hydrogen-bond donors (Lipinski definition) is 2. The second-order valence-electron chi connectivity index (χ2n) is 3.94. The molecule has 0 bridgehead atoms. The lowest BCUT2D eigenvalue weighted by Gasteiger charge is -2.08. The van der Waals surface area contributed by atoms with Gasteiger partial charge in [-0.1, -0.05) is 11.6 Å². The van der Waals surface area contributed by atoms with Crippen molar-refractivity contribution in [3.63, 3.8) is 0 Å². The van der Waals surface area contributed by atoms with Crippen molar-refractivity contribution in [1.82, 2.24) is 10.3 Å². The van der Waals surface area contributed by atoms with Crippen LogP contribution in [-0.2, 0) is 0 Å². The van der Waals surface area contributed by atoms with Crippen molar-refractivity contribution < 1.29 is 18.0 Å². The molecule has 0 unspecified atom stereocenters. The first kappa shape index (κ1) is 15.6. The highest BCUT2D eigenvalue weighted by Gasteiger charge is 2.25. The van der Waals surface area contributed by atoms with Crippen LogP contribution >= 0.6 is 11.6 Å². The Labute approximate surface area is 113 Å². The number of nitrogen functional groups attached to an aromatic ring is 1. The smallest absolute Gasteiger partial charge is 0.389 e. The molecule has 1 amide bonds. The molecule has 1 aromatic heterocycles. The minimum atomic E-state index is -4.16. The van der Waals surface area contributed by atoms with E-state index in [0.717, 1.165) is 0 Å². The summed E-state index contributed by atoms with van der Waals surface area (Å²) in [6, 6.07) is 1.36. The molecule has 106 valence electrons. The second kappa shape index (κ2) is 6.60. The predicted molar refractivity (Wildman–Crippen MR) is 65.9 cm³/mol. The lowest BCUT2D eigenvalue weighted by atomic mass is 10.2. The predicted octanol–water partition coefficient (Wildman–Crippen LogP) is 2.78. The summed E-state index contributed by atoms with van der Waals surface area (Å²) < 4.78 is 35.6. The SMILES string of the molecule is Nc1cnc(Cl)c(C(=O)NCCCCC(F)(F)F)c1. The van der Waals surface area contributed by atoms with Crippen LogP contribution in [0.25, 0.3) is 0 Å². The van der Waals surface area contributed by atoms with Crippen LogP contribution in [0.1, 0.15) is 29.6 Å². The number of pyridine rings is 1. The number of nitrogens with two attached hydrogens (primary N) is 1. The third-order valence-corrected chi connectivity index (χ3v) is 2.58. The number of unbranched alkanes of at least 4 members (excludes halogenated alkanes) is 1. The molecule has 4 nitrogen and oxygen atoms in total. The number of rotatable bonds is 5. The number of amides is 1. The molecule has 0 saturated heterocycles. The van der Waals surface area contributed by atoms with Gasteiger partial charge in [0, 0.05) is 13.0 Å². The molecule has 0 radical (unpaired) electrons. The van der Waals surface area contributed by atoms with Gasteiger partial charge >= 0.3 is 6.18 Å². The molecule has 0 aromatic carbocycles. The van der Waals surface area contributed by atoms with Gasteiger partial charge in [0.05, 0.1) is 17.4 Å². The molecule has 3 N–H and O–H groups in total. The van der Waals surface area contributed by atoms with Crippen LogP contribution < -0.4 is 11.1 Å². The molecular weight excluding hydrogens is 283 g/mol. The van der Waals surface area contributed by atoms with Gasteiger partial charge in [0.1, 0.15) is 5.15 Å². The Morgan fingerprint density at radius 2 is 2.11 bits per heavy atom. The second-order valence-corrected chi connectivity index (χ2v) is 4.29. The van der Waals surface area contributed by atoms with Crippen molar-refractivity contribution in [1.29, 1.82) is 0 Å². The largest absolute Gasteiger partial charge is 0.397 e. The normalized spacial score (nSPS) is 11.4. The van der Waals surface area contributed by atoms with Crippen molar-refractivity contribution in [2.45, 2.75) is 25.4 Å². The number of carbonyl (C=O) groups is 1. The molecule has 0 spiro atoms. The van der Waals surface area contributed by atoms with Gasteiger partial charge in [0.25, 0.3) is 5.91 Å². The summed E-state index contributed by atoms with van der Waals surface area (Å²) in [5.74, 6) is -0.503. The van der Waals surface area contributed by atoms with E-state index in [1.54, 1.807) is 0 Å². The van der Waals surface area contributed by atoms with Gasteiger partial charge in [-0.2, -0.15) is 13.2 Å². The fraction of sp³-hybridized carbons (Fsp3) is 0.455. The zero-order chi connectivity index (χ0) is 14.5. The van der Waals surface area contributed by atoms with Gasteiger partial charge in [0.15, 0.2) is 0 Å². The van der Waals surface area contributed by atoms with E-state index in [1.807, 2.05) is 0 Å². The standard InChI is InChI=1S/C11H13ClF3N3O/c12-9-8(5-7(16)6-18-9)10(19)17-4-2-1-3-11(13,14)15/h5-6H,1-4,16H2,(H,17,19). The maximum atomic E-state index is 11.9. The minimum absolute atomic E-state index is 0.00184. The summed E-state index contributed by atoms with van der Waals surface area (Å²) in [7, 11) is 0. The number of nitrogens with one attached hydrogen (secondary N) is 1. The van der Waals surface area contributed by atoms with Crippen LogP contribution in [0, 0.1) is 0 Å². The van der Waals surface area contributed by atoms with E-state index in [2.05, 4.69) is 10.3 Å². The van der Waals surface area contributed by atoms with Crippen LogP contribution in [0.3, 0.4) is 0 Å². The van der Waals surface area contributed by atoms with E-state index < -0.39 is 18.5 Å². The first-order valence-corrected chi connectivity index (χ1v) is 5.93. The van der Waals surface area contributed by atoms with Crippen LogP contribution in [-0.4, -0.2) is 23.6 Å². The average molecular weight is 296 g/mol. The third kappa shape index (κ3) is 5.78. The van der Waals surface area contributed by atoms with Crippen molar-refractivity contribution in [2.24, 2.45) is 0 Å². The molecule has 0 atom stereocenters. The van der Waals surface area contributed by atoms with E-state index in [1.165, 1.54) is 12.3 Å². The van der Waals surface area contributed by atoms with Crippen molar-refractivity contribution >= 4 is 23.2 Å². The number of nitrogens with zero attached hydrogens (tertiary/aromatic N) is 1. The number of halogens is 4. The Kier molecular flexibility index (Phi) is 5.41. The van der Waals surface area contributed by atoms with Crippen LogP contribution in [0.2, 0.25) is 5.15 Å². The van der Waals surface area contributed by atoms with Gasteiger partial charge in [-0.25, -0.2) is 4.98 Å². The number of anilines is 1. The Morgan fingerprint density at radius 1 is 1.42 bits per heavy atom. The lowest BCUT2D eigenvalue weighted by molar-refractivity contribution is -0.135. The molecule has 8 heteroatoms. The monoisotopic (exact) mass is 295 g/mol. The average Bonchev–Trinajstić information content (AvgIpc) is 2.30. The lowest BCUT2D eigenvalue weighted by Crippen LogP contribution is -2.25. The summed E-state index contributed by atoms with van der Waals surface area (Å²) in [5.41, 5.74) is 5.86. The van der Waals surface area contributed by atoms with Crippen molar-refractivity contribution in [2.75, 3.05) is 12.3 Å². The number of aromatic nitrogens is 1. The first-order valence-electron chi connectivity index (χ1n) is 5.55. The van der Waals surface area contributed by atoms with E-state index in [-0.39, 0.29) is 35.8 Å². The molecule has 1 heterocycles. The Hall–Kier alpha value is -1.50. The van der Waals surface area contributed by atoms with Crippen LogP contribution in [0.4, 0.5) is 18.9 Å². The van der Waals surface area contributed by atoms with Crippen LogP contribution in [0.15, 0.2) is 12.3 Å². The summed E-state index contributed by atoms with van der Waals surface area (Å²) in [4.78, 5) is 15.4. The molecule has 0 aliphatic rings. The van der Waals surface area contributed by atoms with Crippen molar-refractivity contribution in [3.05, 3.63) is 23.0 Å². The van der Waals surface area contributed by atoms with E-state index >= 15 is 0 Å². The topological polar surface area (TPSA) is 68.0 Å². The molecular formula is C11H13ClF3N3O. The molecule has 0 fully saturated rings. The van der Waals surface area contributed by atoms with E-state index in [9.17, 15) is 18.0 Å².